The number of methoxy groups -OCH3 is 1. The molecule has 0 aromatic heterocycles. The van der Waals surface area contributed by atoms with Crippen molar-refractivity contribution in [3.8, 4) is 0 Å². The molecule has 1 fully saturated rings. The number of nitrogens with zero attached hydrogens (tertiary/aromatic N) is 2. The van der Waals surface area contributed by atoms with Crippen LogP contribution in [0.25, 0.3) is 0 Å². The van der Waals surface area contributed by atoms with E-state index in [2.05, 4.69) is 9.64 Å². The third-order valence-electron chi connectivity index (χ3n) is 4.43. The number of carbonyl (C=O) groups excluding carboxylic acids is 2. The van der Waals surface area contributed by atoms with Gasteiger partial charge in [0.15, 0.2) is 6.10 Å². The highest BCUT2D eigenvalue weighted by atomic mass is 19.1. The molecule has 144 valence electrons. The lowest BCUT2D eigenvalue weighted by atomic mass is 10.1. The Balaban J connectivity index is 2.09. The van der Waals surface area contributed by atoms with Gasteiger partial charge in [-0.1, -0.05) is 13.8 Å². The molecule has 26 heavy (non-hydrogen) atoms. The minimum absolute atomic E-state index is 0.0815. The van der Waals surface area contributed by atoms with Crippen LogP contribution in [0.15, 0.2) is 18.2 Å². The van der Waals surface area contributed by atoms with Crippen LogP contribution >= 0.6 is 0 Å². The summed E-state index contributed by atoms with van der Waals surface area (Å²) in [4.78, 5) is 28.2. The van der Waals surface area contributed by atoms with Crippen molar-refractivity contribution in [2.24, 2.45) is 5.92 Å². The van der Waals surface area contributed by atoms with Crippen LogP contribution in [0.1, 0.15) is 30.6 Å². The van der Waals surface area contributed by atoms with Crippen molar-refractivity contribution in [3.63, 3.8) is 0 Å². The number of benzene rings is 1. The quantitative estimate of drug-likeness (QED) is 0.720. The Bertz CT molecular complexity index is 642. The molecule has 1 aromatic rings. The molecule has 0 aliphatic carbocycles. The monoisotopic (exact) mass is 366 g/mol. The SMILES string of the molecule is COC(=O)[C@@H](CC(C)C)OC(=O)c1ccc(N2CCN(C)CC2)c(F)c1. The number of likely N-dealkylation sites (N-methyl/N-ethyl adjacent to an activating group) is 1. The standard InChI is InChI=1S/C19H27FN2O4/c1-13(2)11-17(19(24)25-4)26-18(23)14-5-6-16(15(20)12-14)22-9-7-21(3)8-10-22/h5-6,12-13,17H,7-11H2,1-4H3/t17-/m1/s1. The van der Waals surface area contributed by atoms with E-state index in [-0.39, 0.29) is 11.5 Å². The molecule has 0 spiro atoms. The number of halogens is 1. The van der Waals surface area contributed by atoms with Gasteiger partial charge in [-0.15, -0.1) is 0 Å². The fraction of sp³-hybridized carbons (Fsp3) is 0.579. The smallest absolute Gasteiger partial charge is 0.347 e. The summed E-state index contributed by atoms with van der Waals surface area (Å²) < 4.78 is 24.4. The van der Waals surface area contributed by atoms with Crippen molar-refractivity contribution in [2.45, 2.75) is 26.4 Å². The summed E-state index contributed by atoms with van der Waals surface area (Å²) in [6.45, 7) is 7.01. The molecule has 0 radical (unpaired) electrons. The third-order valence-corrected chi connectivity index (χ3v) is 4.43. The Morgan fingerprint density at radius 1 is 1.19 bits per heavy atom. The summed E-state index contributed by atoms with van der Waals surface area (Å²) in [5.74, 6) is -1.67. The van der Waals surface area contributed by atoms with Crippen LogP contribution in [-0.2, 0) is 14.3 Å². The van der Waals surface area contributed by atoms with E-state index in [4.69, 9.17) is 4.74 Å². The van der Waals surface area contributed by atoms with Crippen LogP contribution in [-0.4, -0.2) is 63.3 Å². The van der Waals surface area contributed by atoms with E-state index in [1.54, 1.807) is 6.07 Å². The van der Waals surface area contributed by atoms with Gasteiger partial charge in [0.1, 0.15) is 5.82 Å². The Morgan fingerprint density at radius 3 is 2.38 bits per heavy atom. The van der Waals surface area contributed by atoms with Gasteiger partial charge in [-0.25, -0.2) is 14.0 Å². The summed E-state index contributed by atoms with van der Waals surface area (Å²) >= 11 is 0. The second-order valence-electron chi connectivity index (χ2n) is 7.00. The van der Waals surface area contributed by atoms with Gasteiger partial charge in [0.2, 0.25) is 0 Å². The van der Waals surface area contributed by atoms with Crippen molar-refractivity contribution >= 4 is 17.6 Å². The number of anilines is 1. The highest BCUT2D eigenvalue weighted by Crippen LogP contribution is 2.23. The molecule has 0 saturated carbocycles. The molecule has 2 rings (SSSR count). The van der Waals surface area contributed by atoms with E-state index in [0.29, 0.717) is 12.1 Å². The number of esters is 2. The van der Waals surface area contributed by atoms with Crippen LogP contribution in [0.3, 0.4) is 0 Å². The minimum Gasteiger partial charge on any atom is -0.466 e. The molecule has 7 heteroatoms. The van der Waals surface area contributed by atoms with E-state index >= 15 is 0 Å². The maximum Gasteiger partial charge on any atom is 0.347 e. The molecule has 1 aliphatic heterocycles. The first-order chi connectivity index (χ1) is 12.3. The van der Waals surface area contributed by atoms with Crippen molar-refractivity contribution in [1.82, 2.24) is 4.90 Å². The van der Waals surface area contributed by atoms with Gasteiger partial charge in [0.05, 0.1) is 18.4 Å². The van der Waals surface area contributed by atoms with Gasteiger partial charge in [-0.05, 0) is 37.6 Å². The van der Waals surface area contributed by atoms with Gasteiger partial charge < -0.3 is 19.3 Å². The number of hydrogen-bond acceptors (Lipinski definition) is 6. The molecule has 0 unspecified atom stereocenters. The van der Waals surface area contributed by atoms with Gasteiger partial charge in [-0.2, -0.15) is 0 Å². The number of rotatable bonds is 6. The molecule has 1 saturated heterocycles. The zero-order valence-electron chi connectivity index (χ0n) is 15.8. The number of carbonyl (C=O) groups is 2. The number of hydrogen-bond donors (Lipinski definition) is 0. The van der Waals surface area contributed by atoms with E-state index in [1.807, 2.05) is 25.8 Å². The Hall–Kier alpha value is -2.15. The molecule has 0 bridgehead atoms. The maximum atomic E-state index is 14.5. The van der Waals surface area contributed by atoms with Crippen LogP contribution < -0.4 is 4.90 Å². The zero-order chi connectivity index (χ0) is 19.3. The summed E-state index contributed by atoms with van der Waals surface area (Å²) in [6, 6.07) is 4.29. The van der Waals surface area contributed by atoms with Crippen LogP contribution in [0.2, 0.25) is 0 Å². The van der Waals surface area contributed by atoms with E-state index in [9.17, 15) is 14.0 Å². The van der Waals surface area contributed by atoms with E-state index < -0.39 is 23.9 Å². The fourth-order valence-electron chi connectivity index (χ4n) is 2.89. The lowest BCUT2D eigenvalue weighted by Gasteiger charge is -2.34. The predicted octanol–water partition coefficient (Wildman–Crippen LogP) is 2.32. The molecule has 1 heterocycles. The third kappa shape index (κ3) is 5.17. The molecule has 1 atom stereocenters. The van der Waals surface area contributed by atoms with Crippen molar-refractivity contribution in [2.75, 3.05) is 45.2 Å². The normalized spacial score (nSPS) is 16.5. The first kappa shape index (κ1) is 20.2. The highest BCUT2D eigenvalue weighted by molar-refractivity contribution is 5.92. The molecule has 0 N–H and O–H groups in total. The molecular formula is C19H27FN2O4. The topological polar surface area (TPSA) is 59.1 Å². The zero-order valence-corrected chi connectivity index (χ0v) is 15.8. The van der Waals surface area contributed by atoms with Crippen molar-refractivity contribution in [3.05, 3.63) is 29.6 Å². The van der Waals surface area contributed by atoms with Gasteiger partial charge in [0, 0.05) is 26.2 Å². The summed E-state index contributed by atoms with van der Waals surface area (Å²) in [5, 5.41) is 0. The van der Waals surface area contributed by atoms with Crippen LogP contribution in [0.4, 0.5) is 10.1 Å². The second kappa shape index (κ2) is 8.98. The largest absolute Gasteiger partial charge is 0.466 e. The van der Waals surface area contributed by atoms with Gasteiger partial charge >= 0.3 is 11.9 Å². The Kier molecular flexibility index (Phi) is 6.97. The fourth-order valence-corrected chi connectivity index (χ4v) is 2.89. The molecule has 0 amide bonds. The summed E-state index contributed by atoms with van der Waals surface area (Å²) in [6.07, 6.45) is -0.645. The number of ether oxygens (including phenoxy) is 2. The van der Waals surface area contributed by atoms with Crippen molar-refractivity contribution in [1.29, 1.82) is 0 Å². The second-order valence-corrected chi connectivity index (χ2v) is 7.00. The average Bonchev–Trinajstić information content (AvgIpc) is 2.60. The molecule has 1 aromatic carbocycles. The Morgan fingerprint density at radius 2 is 1.85 bits per heavy atom. The summed E-state index contributed by atoms with van der Waals surface area (Å²) in [7, 11) is 3.27. The average molecular weight is 366 g/mol. The van der Waals surface area contributed by atoms with Gasteiger partial charge in [0.25, 0.3) is 0 Å². The van der Waals surface area contributed by atoms with E-state index in [0.717, 1.165) is 26.2 Å². The number of piperazine rings is 1. The first-order valence-electron chi connectivity index (χ1n) is 8.83. The highest BCUT2D eigenvalue weighted by Gasteiger charge is 2.26. The lowest BCUT2D eigenvalue weighted by molar-refractivity contribution is -0.151. The summed E-state index contributed by atoms with van der Waals surface area (Å²) in [5.41, 5.74) is 0.555. The van der Waals surface area contributed by atoms with Crippen LogP contribution in [0.5, 0.6) is 0 Å². The Labute approximate surface area is 153 Å². The van der Waals surface area contributed by atoms with Gasteiger partial charge in [-0.3, -0.25) is 0 Å². The molecule has 1 aliphatic rings. The molecule has 6 nitrogen and oxygen atoms in total. The predicted molar refractivity (Wildman–Crippen MR) is 96.8 cm³/mol. The van der Waals surface area contributed by atoms with Crippen molar-refractivity contribution < 1.29 is 23.5 Å². The minimum atomic E-state index is -0.993. The molecular weight excluding hydrogens is 339 g/mol. The maximum absolute atomic E-state index is 14.5. The van der Waals surface area contributed by atoms with E-state index in [1.165, 1.54) is 19.2 Å². The van der Waals surface area contributed by atoms with Crippen LogP contribution in [0, 0.1) is 11.7 Å². The lowest BCUT2D eigenvalue weighted by Crippen LogP contribution is -2.44. The first-order valence-corrected chi connectivity index (χ1v) is 8.83.